The van der Waals surface area contributed by atoms with Crippen molar-refractivity contribution in [2.75, 3.05) is 11.5 Å². The SMILES string of the molecule is CCOC(=O)c1ccc(N(Cc2cccnc2)C(=O)c2cc(I)ccc2Cl)cc1. The number of benzene rings is 2. The second kappa shape index (κ2) is 9.84. The van der Waals surface area contributed by atoms with Crippen LogP contribution in [0.1, 0.15) is 33.2 Å². The van der Waals surface area contributed by atoms with Crippen LogP contribution in [0.25, 0.3) is 0 Å². The molecule has 3 rings (SSSR count). The molecule has 1 heterocycles. The third kappa shape index (κ3) is 5.33. The molecule has 1 amide bonds. The van der Waals surface area contributed by atoms with Gasteiger partial charge in [0.15, 0.2) is 0 Å². The zero-order chi connectivity index (χ0) is 20.8. The van der Waals surface area contributed by atoms with Gasteiger partial charge >= 0.3 is 5.97 Å². The molecule has 5 nitrogen and oxygen atoms in total. The van der Waals surface area contributed by atoms with Crippen molar-refractivity contribution in [2.45, 2.75) is 13.5 Å². The largest absolute Gasteiger partial charge is 0.462 e. The summed E-state index contributed by atoms with van der Waals surface area (Å²) in [5, 5.41) is 0.384. The highest BCUT2D eigenvalue weighted by molar-refractivity contribution is 14.1. The first-order valence-electron chi connectivity index (χ1n) is 8.92. The number of ether oxygens (including phenoxy) is 1. The molecule has 0 aliphatic heterocycles. The molecule has 0 unspecified atom stereocenters. The monoisotopic (exact) mass is 520 g/mol. The molecule has 0 N–H and O–H groups in total. The highest BCUT2D eigenvalue weighted by Crippen LogP contribution is 2.26. The molecule has 0 atom stereocenters. The smallest absolute Gasteiger partial charge is 0.338 e. The molecule has 0 fully saturated rings. The molecule has 0 aliphatic rings. The topological polar surface area (TPSA) is 59.5 Å². The second-order valence-corrected chi connectivity index (χ2v) is 7.80. The number of aromatic nitrogens is 1. The standard InChI is InChI=1S/C22H18ClIN2O3/c1-2-29-22(28)16-5-8-18(9-6-16)26(14-15-4-3-11-25-13-15)21(27)19-12-17(24)7-10-20(19)23/h3-13H,2,14H2,1H3. The Labute approximate surface area is 187 Å². The van der Waals surface area contributed by atoms with Gasteiger partial charge in [-0.05, 0) is 83.6 Å². The fraction of sp³-hybridized carbons (Fsp3) is 0.136. The van der Waals surface area contributed by atoms with Crippen molar-refractivity contribution in [3.8, 4) is 0 Å². The Bertz CT molecular complexity index is 1010. The van der Waals surface area contributed by atoms with E-state index in [-0.39, 0.29) is 5.91 Å². The van der Waals surface area contributed by atoms with E-state index in [1.165, 1.54) is 0 Å². The van der Waals surface area contributed by atoms with E-state index in [1.807, 2.05) is 18.2 Å². The van der Waals surface area contributed by atoms with Crippen molar-refractivity contribution in [1.29, 1.82) is 0 Å². The van der Waals surface area contributed by atoms with Gasteiger partial charge in [0.2, 0.25) is 0 Å². The predicted octanol–water partition coefficient (Wildman–Crippen LogP) is 5.36. The molecule has 0 saturated carbocycles. The minimum Gasteiger partial charge on any atom is -0.462 e. The summed E-state index contributed by atoms with van der Waals surface area (Å²) in [6.07, 6.45) is 3.39. The number of halogens is 2. The van der Waals surface area contributed by atoms with Gasteiger partial charge in [0, 0.05) is 21.7 Å². The van der Waals surface area contributed by atoms with E-state index in [0.29, 0.717) is 35.0 Å². The van der Waals surface area contributed by atoms with Gasteiger partial charge in [-0.25, -0.2) is 4.79 Å². The Hall–Kier alpha value is -2.45. The lowest BCUT2D eigenvalue weighted by Gasteiger charge is -2.24. The Morgan fingerprint density at radius 3 is 2.55 bits per heavy atom. The normalized spacial score (nSPS) is 10.4. The van der Waals surface area contributed by atoms with Crippen molar-refractivity contribution in [3.63, 3.8) is 0 Å². The summed E-state index contributed by atoms with van der Waals surface area (Å²) in [5.74, 6) is -0.633. The zero-order valence-corrected chi connectivity index (χ0v) is 18.6. The van der Waals surface area contributed by atoms with Crippen molar-refractivity contribution < 1.29 is 14.3 Å². The molecule has 0 saturated heterocycles. The minimum absolute atomic E-state index is 0.235. The van der Waals surface area contributed by atoms with Crippen molar-refractivity contribution >= 4 is 51.8 Å². The molecular formula is C22H18ClIN2O3. The fourth-order valence-corrected chi connectivity index (χ4v) is 3.44. The van der Waals surface area contributed by atoms with Crippen molar-refractivity contribution in [2.24, 2.45) is 0 Å². The van der Waals surface area contributed by atoms with Crippen LogP contribution in [0, 0.1) is 3.57 Å². The summed E-state index contributed by atoms with van der Waals surface area (Å²) in [7, 11) is 0. The average molecular weight is 521 g/mol. The summed E-state index contributed by atoms with van der Waals surface area (Å²) in [6.45, 7) is 2.37. The number of esters is 1. The first kappa shape index (κ1) is 21.3. The van der Waals surface area contributed by atoms with Crippen molar-refractivity contribution in [3.05, 3.63) is 92.3 Å². The third-order valence-corrected chi connectivity index (χ3v) is 5.16. The van der Waals surface area contributed by atoms with E-state index in [4.69, 9.17) is 16.3 Å². The van der Waals surface area contributed by atoms with Gasteiger partial charge in [-0.15, -0.1) is 0 Å². The summed E-state index contributed by atoms with van der Waals surface area (Å²) >= 11 is 8.45. The molecule has 7 heteroatoms. The first-order valence-corrected chi connectivity index (χ1v) is 10.4. The number of amides is 1. The summed E-state index contributed by atoms with van der Waals surface area (Å²) in [6, 6.07) is 15.8. The maximum atomic E-state index is 13.4. The average Bonchev–Trinajstić information content (AvgIpc) is 2.74. The Kier molecular flexibility index (Phi) is 7.22. The fourth-order valence-electron chi connectivity index (χ4n) is 2.75. The molecular weight excluding hydrogens is 503 g/mol. The molecule has 1 aromatic heterocycles. The van der Waals surface area contributed by atoms with Crippen LogP contribution < -0.4 is 4.90 Å². The minimum atomic E-state index is -0.398. The lowest BCUT2D eigenvalue weighted by atomic mass is 10.1. The predicted molar refractivity (Wildman–Crippen MR) is 121 cm³/mol. The number of hydrogen-bond donors (Lipinski definition) is 0. The number of nitrogens with zero attached hydrogens (tertiary/aromatic N) is 2. The molecule has 148 valence electrons. The highest BCUT2D eigenvalue weighted by atomic mass is 127. The van der Waals surface area contributed by atoms with Gasteiger partial charge < -0.3 is 9.64 Å². The summed E-state index contributed by atoms with van der Waals surface area (Å²) in [5.41, 5.74) is 2.35. The van der Waals surface area contributed by atoms with Crippen LogP contribution in [0.5, 0.6) is 0 Å². The number of anilines is 1. The quantitative estimate of drug-likeness (QED) is 0.324. The van der Waals surface area contributed by atoms with Crippen LogP contribution in [0.2, 0.25) is 5.02 Å². The van der Waals surface area contributed by atoms with Gasteiger partial charge in [0.05, 0.1) is 29.3 Å². The number of rotatable bonds is 6. The molecule has 2 aromatic carbocycles. The van der Waals surface area contributed by atoms with E-state index < -0.39 is 5.97 Å². The molecule has 3 aromatic rings. The van der Waals surface area contributed by atoms with Gasteiger partial charge in [-0.3, -0.25) is 9.78 Å². The van der Waals surface area contributed by atoms with E-state index >= 15 is 0 Å². The molecule has 0 radical (unpaired) electrons. The number of carbonyl (C=O) groups is 2. The number of hydrogen-bond acceptors (Lipinski definition) is 4. The van der Waals surface area contributed by atoms with Crippen molar-refractivity contribution in [1.82, 2.24) is 4.98 Å². The van der Waals surface area contributed by atoms with Crippen LogP contribution in [0.15, 0.2) is 67.0 Å². The van der Waals surface area contributed by atoms with Crippen LogP contribution >= 0.6 is 34.2 Å². The van der Waals surface area contributed by atoms with E-state index in [0.717, 1.165) is 9.13 Å². The van der Waals surface area contributed by atoms with Gasteiger partial charge in [0.1, 0.15) is 0 Å². The van der Waals surface area contributed by atoms with E-state index in [1.54, 1.807) is 60.6 Å². The van der Waals surface area contributed by atoms with Crippen LogP contribution in [0.4, 0.5) is 5.69 Å². The molecule has 29 heavy (non-hydrogen) atoms. The lowest BCUT2D eigenvalue weighted by molar-refractivity contribution is 0.0526. The maximum Gasteiger partial charge on any atom is 0.338 e. The van der Waals surface area contributed by atoms with Crippen LogP contribution in [-0.2, 0) is 11.3 Å². The Morgan fingerprint density at radius 2 is 1.90 bits per heavy atom. The van der Waals surface area contributed by atoms with Gasteiger partial charge in [-0.1, -0.05) is 17.7 Å². The lowest BCUT2D eigenvalue weighted by Crippen LogP contribution is -2.30. The maximum absolute atomic E-state index is 13.4. The molecule has 0 spiro atoms. The summed E-state index contributed by atoms with van der Waals surface area (Å²) in [4.78, 5) is 31.0. The molecule has 0 aliphatic carbocycles. The van der Waals surface area contributed by atoms with Gasteiger partial charge in [-0.2, -0.15) is 0 Å². The van der Waals surface area contributed by atoms with Crippen LogP contribution in [-0.4, -0.2) is 23.5 Å². The Balaban J connectivity index is 1.98. The number of carbonyl (C=O) groups excluding carboxylic acids is 2. The second-order valence-electron chi connectivity index (χ2n) is 6.14. The van der Waals surface area contributed by atoms with Gasteiger partial charge in [0.25, 0.3) is 5.91 Å². The third-order valence-electron chi connectivity index (χ3n) is 4.16. The Morgan fingerprint density at radius 1 is 1.14 bits per heavy atom. The van der Waals surface area contributed by atoms with E-state index in [9.17, 15) is 9.59 Å². The molecule has 0 bridgehead atoms. The zero-order valence-electron chi connectivity index (χ0n) is 15.6. The van der Waals surface area contributed by atoms with E-state index in [2.05, 4.69) is 27.6 Å². The number of pyridine rings is 1. The highest BCUT2D eigenvalue weighted by Gasteiger charge is 2.21. The van der Waals surface area contributed by atoms with Crippen LogP contribution in [0.3, 0.4) is 0 Å². The summed E-state index contributed by atoms with van der Waals surface area (Å²) < 4.78 is 5.94. The first-order chi connectivity index (χ1) is 14.0.